The normalized spacial score (nSPS) is 9.31. The van der Waals surface area contributed by atoms with Crippen LogP contribution in [0, 0.1) is 12.3 Å². The molecule has 4 heteroatoms. The second kappa shape index (κ2) is 6.19. The second-order valence-electron chi connectivity index (χ2n) is 2.95. The Morgan fingerprint density at radius 3 is 2.88 bits per heavy atom. The first-order chi connectivity index (χ1) is 7.72. The van der Waals surface area contributed by atoms with E-state index in [-0.39, 0.29) is 0 Å². The molecule has 0 atom stereocenters. The molecule has 0 unspecified atom stereocenters. The first-order valence-electron chi connectivity index (χ1n) is 4.62. The van der Waals surface area contributed by atoms with Gasteiger partial charge in [-0.1, -0.05) is 0 Å². The number of hydrogen-bond acceptors (Lipinski definition) is 3. The summed E-state index contributed by atoms with van der Waals surface area (Å²) in [4.78, 5) is 10.7. The molecular formula is C12H11BrO3. The van der Waals surface area contributed by atoms with Gasteiger partial charge in [0.1, 0.15) is 6.29 Å². The maximum atomic E-state index is 10.7. The number of methoxy groups -OCH3 is 1. The van der Waals surface area contributed by atoms with Gasteiger partial charge in [0.2, 0.25) is 0 Å². The van der Waals surface area contributed by atoms with Crippen LogP contribution in [0.25, 0.3) is 0 Å². The van der Waals surface area contributed by atoms with Crippen molar-refractivity contribution in [3.05, 3.63) is 22.2 Å². The summed E-state index contributed by atoms with van der Waals surface area (Å²) < 4.78 is 11.3. The molecule has 84 valence electrons. The van der Waals surface area contributed by atoms with Crippen molar-refractivity contribution in [2.75, 3.05) is 13.7 Å². The van der Waals surface area contributed by atoms with E-state index in [9.17, 15) is 4.79 Å². The molecule has 1 aromatic carbocycles. The highest BCUT2D eigenvalue weighted by Gasteiger charge is 2.11. The zero-order chi connectivity index (χ0) is 12.0. The highest BCUT2D eigenvalue weighted by Crippen LogP contribution is 2.36. The highest BCUT2D eigenvalue weighted by atomic mass is 79.9. The molecule has 3 nitrogen and oxygen atoms in total. The fourth-order valence-electron chi connectivity index (χ4n) is 1.16. The summed E-state index contributed by atoms with van der Waals surface area (Å²) in [6, 6.07) is 3.28. The standard InChI is InChI=1S/C12H11BrO3/c1-3-4-5-16-12-10(13)6-9(8-14)7-11(12)15-2/h1,6-8H,4-5H2,2H3. The minimum Gasteiger partial charge on any atom is -0.493 e. The van der Waals surface area contributed by atoms with Crippen LogP contribution >= 0.6 is 15.9 Å². The summed E-state index contributed by atoms with van der Waals surface area (Å²) in [5.41, 5.74) is 0.521. The van der Waals surface area contributed by atoms with Gasteiger partial charge < -0.3 is 9.47 Å². The third-order valence-electron chi connectivity index (χ3n) is 1.88. The van der Waals surface area contributed by atoms with Crippen LogP contribution in [0.5, 0.6) is 11.5 Å². The van der Waals surface area contributed by atoms with Crippen LogP contribution in [0.15, 0.2) is 16.6 Å². The lowest BCUT2D eigenvalue weighted by atomic mass is 10.2. The van der Waals surface area contributed by atoms with Gasteiger partial charge in [0, 0.05) is 12.0 Å². The molecule has 0 aromatic heterocycles. The summed E-state index contributed by atoms with van der Waals surface area (Å²) in [5, 5.41) is 0. The number of carbonyl (C=O) groups is 1. The molecule has 0 aliphatic heterocycles. The van der Waals surface area contributed by atoms with E-state index in [1.54, 1.807) is 12.1 Å². The van der Waals surface area contributed by atoms with Crippen LogP contribution in [0.1, 0.15) is 16.8 Å². The van der Waals surface area contributed by atoms with E-state index in [1.165, 1.54) is 7.11 Å². The van der Waals surface area contributed by atoms with Crippen molar-refractivity contribution in [2.24, 2.45) is 0 Å². The Hall–Kier alpha value is -1.47. The molecule has 1 rings (SSSR count). The average Bonchev–Trinajstić information content (AvgIpc) is 2.30. The number of aldehydes is 1. The number of hydrogen-bond donors (Lipinski definition) is 0. The highest BCUT2D eigenvalue weighted by molar-refractivity contribution is 9.10. The van der Waals surface area contributed by atoms with Crippen LogP contribution in [0.2, 0.25) is 0 Å². The Morgan fingerprint density at radius 2 is 2.31 bits per heavy atom. The van der Waals surface area contributed by atoms with Crippen molar-refractivity contribution in [2.45, 2.75) is 6.42 Å². The number of halogens is 1. The van der Waals surface area contributed by atoms with Crippen LogP contribution in [-0.2, 0) is 0 Å². The number of carbonyl (C=O) groups excluding carboxylic acids is 1. The van der Waals surface area contributed by atoms with Gasteiger partial charge >= 0.3 is 0 Å². The van der Waals surface area contributed by atoms with Crippen molar-refractivity contribution in [1.82, 2.24) is 0 Å². The fourth-order valence-corrected chi connectivity index (χ4v) is 1.73. The minimum absolute atomic E-state index is 0.409. The lowest BCUT2D eigenvalue weighted by Gasteiger charge is -2.12. The topological polar surface area (TPSA) is 35.5 Å². The van der Waals surface area contributed by atoms with Crippen molar-refractivity contribution < 1.29 is 14.3 Å². The van der Waals surface area contributed by atoms with Gasteiger partial charge in [0.15, 0.2) is 11.5 Å². The summed E-state index contributed by atoms with van der Waals surface area (Å²) in [5.74, 6) is 3.55. The van der Waals surface area contributed by atoms with E-state index in [1.807, 2.05) is 0 Å². The summed E-state index contributed by atoms with van der Waals surface area (Å²) >= 11 is 3.32. The van der Waals surface area contributed by atoms with Gasteiger partial charge in [-0.25, -0.2) is 0 Å². The van der Waals surface area contributed by atoms with Crippen LogP contribution in [-0.4, -0.2) is 20.0 Å². The predicted octanol–water partition coefficient (Wildman–Crippen LogP) is 2.67. The quantitative estimate of drug-likeness (QED) is 0.473. The number of ether oxygens (including phenoxy) is 2. The molecule has 0 heterocycles. The molecule has 0 bridgehead atoms. The summed E-state index contributed by atoms with van der Waals surface area (Å²) in [7, 11) is 1.52. The minimum atomic E-state index is 0.409. The van der Waals surface area contributed by atoms with Crippen LogP contribution < -0.4 is 9.47 Å². The van der Waals surface area contributed by atoms with Gasteiger partial charge in [-0.2, -0.15) is 0 Å². The van der Waals surface area contributed by atoms with Gasteiger partial charge in [-0.3, -0.25) is 4.79 Å². The number of rotatable bonds is 5. The molecule has 0 spiro atoms. The SMILES string of the molecule is C#CCCOc1c(Br)cc(C=O)cc1OC. The Labute approximate surface area is 103 Å². The van der Waals surface area contributed by atoms with Gasteiger partial charge in [-0.05, 0) is 28.1 Å². The van der Waals surface area contributed by atoms with Gasteiger partial charge in [0.05, 0.1) is 18.2 Å². The first-order valence-corrected chi connectivity index (χ1v) is 5.41. The molecule has 0 saturated carbocycles. The molecule has 16 heavy (non-hydrogen) atoms. The van der Waals surface area contributed by atoms with Crippen LogP contribution in [0.3, 0.4) is 0 Å². The smallest absolute Gasteiger partial charge is 0.175 e. The van der Waals surface area contributed by atoms with E-state index in [0.29, 0.717) is 34.6 Å². The predicted molar refractivity (Wildman–Crippen MR) is 65.0 cm³/mol. The Kier molecular flexibility index (Phi) is 4.87. The lowest BCUT2D eigenvalue weighted by molar-refractivity contribution is 0.112. The third kappa shape index (κ3) is 3.01. The average molecular weight is 283 g/mol. The van der Waals surface area contributed by atoms with Crippen molar-refractivity contribution >= 4 is 22.2 Å². The zero-order valence-electron chi connectivity index (χ0n) is 8.83. The number of terminal acetylenes is 1. The maximum Gasteiger partial charge on any atom is 0.175 e. The Balaban J connectivity index is 2.98. The molecule has 0 aliphatic rings. The van der Waals surface area contributed by atoms with Crippen molar-refractivity contribution in [3.63, 3.8) is 0 Å². The van der Waals surface area contributed by atoms with E-state index in [0.717, 1.165) is 6.29 Å². The summed E-state index contributed by atoms with van der Waals surface area (Å²) in [6.45, 7) is 0.409. The molecule has 0 fully saturated rings. The second-order valence-corrected chi connectivity index (χ2v) is 3.81. The Morgan fingerprint density at radius 1 is 1.56 bits per heavy atom. The lowest BCUT2D eigenvalue weighted by Crippen LogP contribution is -2.00. The van der Waals surface area contributed by atoms with Gasteiger partial charge in [-0.15, -0.1) is 12.3 Å². The Bertz CT molecular complexity index is 421. The molecule has 0 saturated heterocycles. The third-order valence-corrected chi connectivity index (χ3v) is 2.47. The zero-order valence-corrected chi connectivity index (χ0v) is 10.4. The van der Waals surface area contributed by atoms with Crippen molar-refractivity contribution in [3.8, 4) is 23.8 Å². The van der Waals surface area contributed by atoms with E-state index in [2.05, 4.69) is 21.9 Å². The van der Waals surface area contributed by atoms with E-state index < -0.39 is 0 Å². The fraction of sp³-hybridized carbons (Fsp3) is 0.250. The molecule has 1 aromatic rings. The molecule has 0 N–H and O–H groups in total. The maximum absolute atomic E-state index is 10.7. The molecule has 0 radical (unpaired) electrons. The molecule has 0 amide bonds. The van der Waals surface area contributed by atoms with Gasteiger partial charge in [0.25, 0.3) is 0 Å². The monoisotopic (exact) mass is 282 g/mol. The van der Waals surface area contributed by atoms with E-state index >= 15 is 0 Å². The number of benzene rings is 1. The van der Waals surface area contributed by atoms with Crippen LogP contribution in [0.4, 0.5) is 0 Å². The summed E-state index contributed by atoms with van der Waals surface area (Å²) in [6.07, 6.45) is 6.40. The molecular weight excluding hydrogens is 272 g/mol. The largest absolute Gasteiger partial charge is 0.493 e. The first kappa shape index (κ1) is 12.6. The van der Waals surface area contributed by atoms with E-state index in [4.69, 9.17) is 15.9 Å². The van der Waals surface area contributed by atoms with Crippen molar-refractivity contribution in [1.29, 1.82) is 0 Å². The molecule has 0 aliphatic carbocycles.